The second-order valence-electron chi connectivity index (χ2n) is 6.97. The first-order valence-electron chi connectivity index (χ1n) is 9.68. The number of ether oxygens (including phenoxy) is 2. The van der Waals surface area contributed by atoms with E-state index in [0.717, 1.165) is 34.1 Å². The summed E-state index contributed by atoms with van der Waals surface area (Å²) in [5, 5.41) is 5.27. The number of nitrogens with one attached hydrogen (secondary N) is 1. The van der Waals surface area contributed by atoms with Crippen LogP contribution in [0.4, 0.5) is 0 Å². The number of hydrogen-bond acceptors (Lipinski definition) is 3. The maximum absolute atomic E-state index is 12.6. The van der Waals surface area contributed by atoms with Gasteiger partial charge in [-0.3, -0.25) is 4.79 Å². The third-order valence-corrected chi connectivity index (χ3v) is 5.19. The predicted octanol–water partition coefficient (Wildman–Crippen LogP) is 3.68. The number of carbonyl (C=O) groups excluding carboxylic acids is 1. The highest BCUT2D eigenvalue weighted by atomic mass is 16.5. The van der Waals surface area contributed by atoms with Crippen molar-refractivity contribution in [2.24, 2.45) is 0 Å². The molecule has 0 fully saturated rings. The van der Waals surface area contributed by atoms with Crippen LogP contribution in [0.2, 0.25) is 0 Å². The Morgan fingerprint density at radius 2 is 1.69 bits per heavy atom. The average Bonchev–Trinajstić information content (AvgIpc) is 3.35. The molecule has 0 aliphatic heterocycles. The van der Waals surface area contributed by atoms with Crippen LogP contribution in [0.3, 0.4) is 0 Å². The fourth-order valence-corrected chi connectivity index (χ4v) is 3.60. The molecular weight excluding hydrogens is 366 g/mol. The van der Waals surface area contributed by atoms with Gasteiger partial charge in [0.15, 0.2) is 0 Å². The monoisotopic (exact) mass is 391 g/mol. The standard InChI is InChI=1S/C23H25N3O3/c1-28-14-13-26-10-7-17-3-4-19(16-22(17)26)23(27)24-9-12-25-11-8-18-15-20(29-2)5-6-21(18)25/h3-8,10-11,15-16H,9,12-14H2,1-2H3,(H,24,27). The van der Waals surface area contributed by atoms with Gasteiger partial charge in [-0.05, 0) is 47.9 Å². The maximum Gasteiger partial charge on any atom is 0.251 e. The van der Waals surface area contributed by atoms with E-state index < -0.39 is 0 Å². The van der Waals surface area contributed by atoms with Gasteiger partial charge in [-0.2, -0.15) is 0 Å². The molecule has 4 rings (SSSR count). The Morgan fingerprint density at radius 1 is 0.897 bits per heavy atom. The quantitative estimate of drug-likeness (QED) is 0.498. The first-order chi connectivity index (χ1) is 14.2. The van der Waals surface area contributed by atoms with E-state index in [-0.39, 0.29) is 5.91 Å². The molecule has 29 heavy (non-hydrogen) atoms. The SMILES string of the molecule is COCCn1ccc2ccc(C(=O)NCCn3ccc4cc(OC)ccc43)cc21. The van der Waals surface area contributed by atoms with E-state index in [1.807, 2.05) is 48.8 Å². The van der Waals surface area contributed by atoms with Crippen molar-refractivity contribution in [2.75, 3.05) is 27.4 Å². The Labute approximate surface area is 169 Å². The molecule has 1 amide bonds. The molecule has 0 aliphatic carbocycles. The zero-order chi connectivity index (χ0) is 20.2. The molecule has 2 aromatic carbocycles. The number of fused-ring (bicyclic) bond motifs is 2. The van der Waals surface area contributed by atoms with Gasteiger partial charge in [0.05, 0.1) is 13.7 Å². The molecular formula is C23H25N3O3. The highest BCUT2D eigenvalue weighted by Crippen LogP contribution is 2.22. The second kappa shape index (κ2) is 8.41. The van der Waals surface area contributed by atoms with Crippen molar-refractivity contribution in [1.82, 2.24) is 14.5 Å². The van der Waals surface area contributed by atoms with Crippen LogP contribution in [0, 0.1) is 0 Å². The highest BCUT2D eigenvalue weighted by Gasteiger charge is 2.09. The van der Waals surface area contributed by atoms with E-state index in [1.165, 1.54) is 0 Å². The molecule has 0 unspecified atom stereocenters. The van der Waals surface area contributed by atoms with E-state index in [0.29, 0.717) is 25.3 Å². The fourth-order valence-electron chi connectivity index (χ4n) is 3.60. The van der Waals surface area contributed by atoms with Crippen LogP contribution < -0.4 is 10.1 Å². The van der Waals surface area contributed by atoms with Gasteiger partial charge in [-0.1, -0.05) is 6.07 Å². The van der Waals surface area contributed by atoms with Gasteiger partial charge < -0.3 is 23.9 Å². The summed E-state index contributed by atoms with van der Waals surface area (Å²) in [4.78, 5) is 12.6. The molecule has 0 saturated carbocycles. The molecule has 6 nitrogen and oxygen atoms in total. The normalized spacial score (nSPS) is 11.2. The Kier molecular flexibility index (Phi) is 5.53. The molecule has 6 heteroatoms. The lowest BCUT2D eigenvalue weighted by Crippen LogP contribution is -2.27. The van der Waals surface area contributed by atoms with Crippen molar-refractivity contribution in [1.29, 1.82) is 0 Å². The van der Waals surface area contributed by atoms with Gasteiger partial charge >= 0.3 is 0 Å². The van der Waals surface area contributed by atoms with Crippen molar-refractivity contribution in [2.45, 2.75) is 13.1 Å². The summed E-state index contributed by atoms with van der Waals surface area (Å²) in [6.45, 7) is 2.65. The van der Waals surface area contributed by atoms with Gasteiger partial charge in [-0.15, -0.1) is 0 Å². The van der Waals surface area contributed by atoms with Crippen LogP contribution in [-0.2, 0) is 17.8 Å². The van der Waals surface area contributed by atoms with Crippen LogP contribution >= 0.6 is 0 Å². The highest BCUT2D eigenvalue weighted by molar-refractivity contribution is 5.98. The molecule has 0 atom stereocenters. The Balaban J connectivity index is 1.42. The summed E-state index contributed by atoms with van der Waals surface area (Å²) in [6.07, 6.45) is 4.06. The molecule has 0 spiro atoms. The lowest BCUT2D eigenvalue weighted by molar-refractivity contribution is 0.0952. The van der Waals surface area contributed by atoms with Crippen LogP contribution in [-0.4, -0.2) is 42.4 Å². The van der Waals surface area contributed by atoms with Crippen molar-refractivity contribution < 1.29 is 14.3 Å². The molecule has 0 aliphatic rings. The number of aromatic nitrogens is 2. The maximum atomic E-state index is 12.6. The van der Waals surface area contributed by atoms with Crippen molar-refractivity contribution >= 4 is 27.7 Å². The van der Waals surface area contributed by atoms with E-state index in [4.69, 9.17) is 9.47 Å². The average molecular weight is 391 g/mol. The molecule has 0 radical (unpaired) electrons. The third kappa shape index (κ3) is 3.98. The number of nitrogens with zero attached hydrogens (tertiary/aromatic N) is 2. The first kappa shape index (κ1) is 19.1. The van der Waals surface area contributed by atoms with Crippen LogP contribution in [0.5, 0.6) is 5.75 Å². The van der Waals surface area contributed by atoms with Crippen LogP contribution in [0.15, 0.2) is 60.9 Å². The largest absolute Gasteiger partial charge is 0.497 e. The number of methoxy groups -OCH3 is 2. The van der Waals surface area contributed by atoms with E-state index in [2.05, 4.69) is 26.6 Å². The predicted molar refractivity (Wildman–Crippen MR) is 115 cm³/mol. The minimum atomic E-state index is -0.0653. The molecule has 4 aromatic rings. The molecule has 1 N–H and O–H groups in total. The van der Waals surface area contributed by atoms with E-state index >= 15 is 0 Å². The second-order valence-corrected chi connectivity index (χ2v) is 6.97. The zero-order valence-electron chi connectivity index (χ0n) is 16.7. The molecule has 0 saturated heterocycles. The minimum absolute atomic E-state index is 0.0653. The summed E-state index contributed by atoms with van der Waals surface area (Å²) < 4.78 is 14.7. The van der Waals surface area contributed by atoms with Crippen molar-refractivity contribution in [3.8, 4) is 5.75 Å². The first-order valence-corrected chi connectivity index (χ1v) is 9.68. The summed E-state index contributed by atoms with van der Waals surface area (Å²) >= 11 is 0. The van der Waals surface area contributed by atoms with E-state index in [1.54, 1.807) is 14.2 Å². The number of benzene rings is 2. The summed E-state index contributed by atoms with van der Waals surface area (Å²) in [6, 6.07) is 15.9. The van der Waals surface area contributed by atoms with Crippen molar-refractivity contribution in [3.63, 3.8) is 0 Å². The van der Waals surface area contributed by atoms with Gasteiger partial charge in [0, 0.05) is 61.1 Å². The summed E-state index contributed by atoms with van der Waals surface area (Å²) in [5.74, 6) is 0.777. The minimum Gasteiger partial charge on any atom is -0.497 e. The molecule has 2 heterocycles. The van der Waals surface area contributed by atoms with Gasteiger partial charge in [-0.25, -0.2) is 0 Å². The lowest BCUT2D eigenvalue weighted by atomic mass is 10.1. The fraction of sp³-hybridized carbons (Fsp3) is 0.261. The molecule has 0 bridgehead atoms. The Morgan fingerprint density at radius 3 is 2.48 bits per heavy atom. The van der Waals surface area contributed by atoms with E-state index in [9.17, 15) is 4.79 Å². The van der Waals surface area contributed by atoms with Crippen LogP contribution in [0.1, 0.15) is 10.4 Å². The lowest BCUT2D eigenvalue weighted by Gasteiger charge is -2.09. The zero-order valence-corrected chi connectivity index (χ0v) is 16.7. The Bertz CT molecular complexity index is 1140. The van der Waals surface area contributed by atoms with Crippen LogP contribution in [0.25, 0.3) is 21.8 Å². The third-order valence-electron chi connectivity index (χ3n) is 5.19. The summed E-state index contributed by atoms with van der Waals surface area (Å²) in [5.41, 5.74) is 2.83. The number of amides is 1. The van der Waals surface area contributed by atoms with Gasteiger partial charge in [0.1, 0.15) is 5.75 Å². The topological polar surface area (TPSA) is 57.4 Å². The van der Waals surface area contributed by atoms with Gasteiger partial charge in [0.2, 0.25) is 0 Å². The number of hydrogen-bond donors (Lipinski definition) is 1. The number of rotatable bonds is 8. The molecule has 2 aromatic heterocycles. The smallest absolute Gasteiger partial charge is 0.251 e. The van der Waals surface area contributed by atoms with Crippen molar-refractivity contribution in [3.05, 3.63) is 66.5 Å². The summed E-state index contributed by atoms with van der Waals surface area (Å²) in [7, 11) is 3.36. The van der Waals surface area contributed by atoms with Gasteiger partial charge in [0.25, 0.3) is 5.91 Å². The Hall–Kier alpha value is -3.25. The molecule has 150 valence electrons. The number of carbonyl (C=O) groups is 1.